The minimum absolute atomic E-state index is 0.0922. The van der Waals surface area contributed by atoms with Gasteiger partial charge in [-0.05, 0) is 19.3 Å². The Hall–Kier alpha value is -0.680. The van der Waals surface area contributed by atoms with E-state index in [0.717, 1.165) is 0 Å². The van der Waals surface area contributed by atoms with Gasteiger partial charge in [0.15, 0.2) is 0 Å². The molecular formula is C12H17BrO4. The van der Waals surface area contributed by atoms with Crippen LogP contribution in [0.2, 0.25) is 0 Å². The number of aliphatic hydroxyl groups is 1. The van der Waals surface area contributed by atoms with Crippen LogP contribution in [0.3, 0.4) is 0 Å². The topological polar surface area (TPSA) is 74.6 Å². The van der Waals surface area contributed by atoms with E-state index in [1.807, 2.05) is 12.2 Å². The molecule has 0 aromatic carbocycles. The Morgan fingerprint density at radius 2 is 2.18 bits per heavy atom. The van der Waals surface area contributed by atoms with Gasteiger partial charge in [-0.3, -0.25) is 9.59 Å². The number of allylic oxidation sites excluding steroid dienone is 2. The molecule has 0 aromatic heterocycles. The van der Waals surface area contributed by atoms with Gasteiger partial charge in [-0.15, -0.1) is 0 Å². The van der Waals surface area contributed by atoms with Gasteiger partial charge < -0.3 is 10.2 Å². The Labute approximate surface area is 109 Å². The van der Waals surface area contributed by atoms with Gasteiger partial charge in [0.1, 0.15) is 5.78 Å². The first-order valence-electron chi connectivity index (χ1n) is 5.74. The molecule has 0 spiro atoms. The fraction of sp³-hybridized carbons (Fsp3) is 0.667. The second-order valence-electron chi connectivity index (χ2n) is 4.28. The molecule has 0 heterocycles. The van der Waals surface area contributed by atoms with Gasteiger partial charge in [-0.1, -0.05) is 28.1 Å². The van der Waals surface area contributed by atoms with Gasteiger partial charge in [0.05, 0.1) is 10.9 Å². The number of carboxylic acids is 1. The molecule has 96 valence electrons. The number of ketones is 1. The highest BCUT2D eigenvalue weighted by atomic mass is 79.9. The number of rotatable bonds is 6. The Morgan fingerprint density at radius 3 is 2.71 bits per heavy atom. The lowest BCUT2D eigenvalue weighted by molar-refractivity contribution is -0.137. The van der Waals surface area contributed by atoms with E-state index in [0.29, 0.717) is 19.3 Å². The number of carbonyl (C=O) groups is 2. The maximum atomic E-state index is 11.5. The highest BCUT2D eigenvalue weighted by Crippen LogP contribution is 2.31. The van der Waals surface area contributed by atoms with Gasteiger partial charge in [-0.25, -0.2) is 0 Å². The van der Waals surface area contributed by atoms with Crippen molar-refractivity contribution in [2.24, 2.45) is 5.92 Å². The summed E-state index contributed by atoms with van der Waals surface area (Å²) < 4.78 is 0. The molecule has 3 unspecified atom stereocenters. The van der Waals surface area contributed by atoms with Crippen molar-refractivity contribution in [2.45, 2.75) is 43.0 Å². The predicted octanol–water partition coefficient (Wildman–Crippen LogP) is 1.90. The monoisotopic (exact) mass is 304 g/mol. The van der Waals surface area contributed by atoms with Crippen molar-refractivity contribution in [3.05, 3.63) is 12.2 Å². The molecule has 1 rings (SSSR count). The number of hydrogen-bond acceptors (Lipinski definition) is 3. The van der Waals surface area contributed by atoms with Crippen LogP contribution in [0.25, 0.3) is 0 Å². The third-order valence-electron chi connectivity index (χ3n) is 2.89. The first-order chi connectivity index (χ1) is 8.02. The summed E-state index contributed by atoms with van der Waals surface area (Å²) in [6.07, 6.45) is 5.57. The largest absolute Gasteiger partial charge is 0.481 e. The quantitative estimate of drug-likeness (QED) is 0.446. The third-order valence-corrected chi connectivity index (χ3v) is 4.14. The van der Waals surface area contributed by atoms with Crippen LogP contribution in [-0.4, -0.2) is 32.9 Å². The van der Waals surface area contributed by atoms with Gasteiger partial charge in [0.25, 0.3) is 0 Å². The summed E-state index contributed by atoms with van der Waals surface area (Å²) in [5, 5.41) is 17.9. The van der Waals surface area contributed by atoms with Crippen molar-refractivity contribution in [3.63, 3.8) is 0 Å². The number of Topliss-reactive ketones (excluding diaryl/α,β-unsaturated/α-hetero) is 1. The van der Waals surface area contributed by atoms with Crippen LogP contribution < -0.4 is 0 Å². The summed E-state index contributed by atoms with van der Waals surface area (Å²) >= 11 is 3.33. The molecule has 2 N–H and O–H groups in total. The molecule has 17 heavy (non-hydrogen) atoms. The van der Waals surface area contributed by atoms with Crippen molar-refractivity contribution in [1.82, 2.24) is 0 Å². The number of alkyl halides is 1. The van der Waals surface area contributed by atoms with Crippen LogP contribution in [-0.2, 0) is 9.59 Å². The molecule has 0 amide bonds. The zero-order valence-electron chi connectivity index (χ0n) is 9.51. The molecule has 1 saturated carbocycles. The molecule has 1 fully saturated rings. The molecular weight excluding hydrogens is 288 g/mol. The lowest BCUT2D eigenvalue weighted by atomic mass is 10.0. The third kappa shape index (κ3) is 4.60. The van der Waals surface area contributed by atoms with Crippen LogP contribution in [0.1, 0.15) is 32.1 Å². The van der Waals surface area contributed by atoms with E-state index in [4.69, 9.17) is 5.11 Å². The van der Waals surface area contributed by atoms with Crippen LogP contribution in [0.4, 0.5) is 0 Å². The number of carboxylic acid groups (broad SMARTS) is 1. The van der Waals surface area contributed by atoms with Gasteiger partial charge in [0, 0.05) is 18.8 Å². The number of halogens is 1. The van der Waals surface area contributed by atoms with Crippen molar-refractivity contribution in [1.29, 1.82) is 0 Å². The molecule has 0 saturated heterocycles. The van der Waals surface area contributed by atoms with Crippen molar-refractivity contribution >= 4 is 27.7 Å². The SMILES string of the molecule is O=C(O)CCCC=CCC1C(=O)CC(O)C1Br. The van der Waals surface area contributed by atoms with Crippen LogP contribution in [0.15, 0.2) is 12.2 Å². The predicted molar refractivity (Wildman–Crippen MR) is 67.1 cm³/mol. The molecule has 3 atom stereocenters. The zero-order valence-corrected chi connectivity index (χ0v) is 11.1. The summed E-state index contributed by atoms with van der Waals surface area (Å²) in [6, 6.07) is 0. The zero-order chi connectivity index (χ0) is 12.8. The second-order valence-corrected chi connectivity index (χ2v) is 5.34. The molecule has 4 nitrogen and oxygen atoms in total. The molecule has 0 bridgehead atoms. The van der Waals surface area contributed by atoms with Crippen LogP contribution >= 0.6 is 15.9 Å². The first-order valence-corrected chi connectivity index (χ1v) is 6.65. The average molecular weight is 305 g/mol. The van der Waals surface area contributed by atoms with Crippen LogP contribution in [0.5, 0.6) is 0 Å². The highest BCUT2D eigenvalue weighted by Gasteiger charge is 2.38. The summed E-state index contributed by atoms with van der Waals surface area (Å²) in [6.45, 7) is 0. The van der Waals surface area contributed by atoms with Gasteiger partial charge in [0.2, 0.25) is 0 Å². The Kier molecular flexibility index (Phi) is 5.85. The summed E-state index contributed by atoms with van der Waals surface area (Å²) in [5.74, 6) is -0.844. The summed E-state index contributed by atoms with van der Waals surface area (Å²) in [4.78, 5) is 21.6. The van der Waals surface area contributed by atoms with E-state index in [2.05, 4.69) is 15.9 Å². The smallest absolute Gasteiger partial charge is 0.303 e. The minimum atomic E-state index is -0.784. The maximum absolute atomic E-state index is 11.5. The van der Waals surface area contributed by atoms with E-state index >= 15 is 0 Å². The number of unbranched alkanes of at least 4 members (excludes halogenated alkanes) is 1. The molecule has 1 aliphatic rings. The van der Waals surface area contributed by atoms with Gasteiger partial charge in [-0.2, -0.15) is 0 Å². The first kappa shape index (κ1) is 14.4. The van der Waals surface area contributed by atoms with E-state index in [9.17, 15) is 14.7 Å². The molecule has 0 aromatic rings. The summed E-state index contributed by atoms with van der Waals surface area (Å²) in [7, 11) is 0. The number of carbonyl (C=O) groups excluding carboxylic acids is 1. The number of aliphatic carboxylic acids is 1. The van der Waals surface area contributed by atoms with E-state index in [1.165, 1.54) is 0 Å². The average Bonchev–Trinajstić information content (AvgIpc) is 2.48. The van der Waals surface area contributed by atoms with Crippen LogP contribution in [0, 0.1) is 5.92 Å². The summed E-state index contributed by atoms with van der Waals surface area (Å²) in [5.41, 5.74) is 0. The lowest BCUT2D eigenvalue weighted by Crippen LogP contribution is -2.19. The Bertz CT molecular complexity index is 314. The number of hydrogen-bond donors (Lipinski definition) is 2. The molecule has 0 aliphatic heterocycles. The van der Waals surface area contributed by atoms with Gasteiger partial charge >= 0.3 is 5.97 Å². The lowest BCUT2D eigenvalue weighted by Gasteiger charge is -2.11. The fourth-order valence-electron chi connectivity index (χ4n) is 1.91. The molecule has 1 aliphatic carbocycles. The Morgan fingerprint density at radius 1 is 1.47 bits per heavy atom. The van der Waals surface area contributed by atoms with Crippen molar-refractivity contribution in [3.8, 4) is 0 Å². The molecule has 0 radical (unpaired) electrons. The normalized spacial score (nSPS) is 29.1. The number of aliphatic hydroxyl groups excluding tert-OH is 1. The minimum Gasteiger partial charge on any atom is -0.481 e. The Balaban J connectivity index is 2.24. The highest BCUT2D eigenvalue weighted by molar-refractivity contribution is 9.09. The van der Waals surface area contributed by atoms with E-state index < -0.39 is 12.1 Å². The fourth-order valence-corrected chi connectivity index (χ4v) is 2.61. The standard InChI is InChI=1S/C12H17BrO4/c13-12-8(9(14)7-10(12)15)5-3-1-2-4-6-11(16)17/h1,3,8,10,12,15H,2,4-7H2,(H,16,17). The second kappa shape index (κ2) is 6.91. The molecule has 5 heteroatoms. The maximum Gasteiger partial charge on any atom is 0.303 e. The van der Waals surface area contributed by atoms with E-state index in [1.54, 1.807) is 0 Å². The van der Waals surface area contributed by atoms with Crippen molar-refractivity contribution in [2.75, 3.05) is 0 Å². The van der Waals surface area contributed by atoms with Crippen molar-refractivity contribution < 1.29 is 19.8 Å². The van der Waals surface area contributed by atoms with E-state index in [-0.39, 0.29) is 29.4 Å².